The van der Waals surface area contributed by atoms with E-state index in [2.05, 4.69) is 71.0 Å². The number of hydrogen-bond acceptors (Lipinski definition) is 0. The SMILES string of the molecule is CCc1ccc2c(c1-c1cc(C)cc(C)c1)C=C(C(C)CC)[CH]2[Zr]([Cl])[Cl]. The molecule has 137 valence electrons. The van der Waals surface area contributed by atoms with Gasteiger partial charge in [-0.1, -0.05) is 0 Å². The number of aryl methyl sites for hydroxylation is 3. The minimum absolute atomic E-state index is 0.293. The van der Waals surface area contributed by atoms with Crippen LogP contribution in [0.5, 0.6) is 0 Å². The molecule has 0 fully saturated rings. The molecule has 1 aliphatic carbocycles. The van der Waals surface area contributed by atoms with Gasteiger partial charge in [0.2, 0.25) is 0 Å². The van der Waals surface area contributed by atoms with Crippen LogP contribution in [0.1, 0.15) is 58.6 Å². The second-order valence-electron chi connectivity index (χ2n) is 7.51. The Hall–Kier alpha value is -0.357. The van der Waals surface area contributed by atoms with Crippen molar-refractivity contribution in [3.63, 3.8) is 0 Å². The van der Waals surface area contributed by atoms with Crippen molar-refractivity contribution in [3.05, 3.63) is 63.7 Å². The second kappa shape index (κ2) is 8.34. The molecule has 26 heavy (non-hydrogen) atoms. The van der Waals surface area contributed by atoms with Crippen molar-refractivity contribution in [2.24, 2.45) is 5.92 Å². The molecule has 0 heterocycles. The van der Waals surface area contributed by atoms with E-state index >= 15 is 0 Å². The normalized spacial score (nSPS) is 17.0. The molecule has 0 spiro atoms. The summed E-state index contributed by atoms with van der Waals surface area (Å²) in [6.45, 7) is 11.2. The number of allylic oxidation sites excluding steroid dienone is 1. The summed E-state index contributed by atoms with van der Waals surface area (Å²) >= 11 is -2.47. The Morgan fingerprint density at radius 2 is 1.69 bits per heavy atom. The van der Waals surface area contributed by atoms with Gasteiger partial charge in [0, 0.05) is 0 Å². The number of fused-ring (bicyclic) bond motifs is 1. The van der Waals surface area contributed by atoms with Crippen LogP contribution in [0.25, 0.3) is 17.2 Å². The zero-order chi connectivity index (χ0) is 19.0. The van der Waals surface area contributed by atoms with E-state index in [1.165, 1.54) is 44.5 Å². The zero-order valence-corrected chi connectivity index (χ0v) is 20.3. The van der Waals surface area contributed by atoms with Crippen molar-refractivity contribution in [2.75, 3.05) is 0 Å². The molecule has 0 amide bonds. The number of halogens is 2. The predicted molar refractivity (Wildman–Crippen MR) is 113 cm³/mol. The summed E-state index contributed by atoms with van der Waals surface area (Å²) in [6.07, 6.45) is 4.58. The van der Waals surface area contributed by atoms with Crippen LogP contribution < -0.4 is 0 Å². The maximum atomic E-state index is 6.65. The molecule has 0 radical (unpaired) electrons. The molecule has 0 nitrogen and oxygen atoms in total. The topological polar surface area (TPSA) is 0 Å². The average molecular weight is 466 g/mol. The van der Waals surface area contributed by atoms with Crippen molar-refractivity contribution < 1.29 is 19.4 Å². The first kappa shape index (κ1) is 20.4. The predicted octanol–water partition coefficient (Wildman–Crippen LogP) is 7.94. The van der Waals surface area contributed by atoms with Crippen LogP contribution in [-0.2, 0) is 25.8 Å². The van der Waals surface area contributed by atoms with Crippen LogP contribution >= 0.6 is 17.0 Å². The third-order valence-corrected chi connectivity index (χ3v) is 10.9. The Balaban J connectivity index is 2.29. The quantitative estimate of drug-likeness (QED) is 0.420. The van der Waals surface area contributed by atoms with Crippen molar-refractivity contribution >= 4 is 23.1 Å². The Morgan fingerprint density at radius 1 is 1.04 bits per heavy atom. The molecule has 0 aromatic heterocycles. The fourth-order valence-electron chi connectivity index (χ4n) is 4.18. The summed E-state index contributed by atoms with van der Waals surface area (Å²) in [5, 5.41) is 0. The van der Waals surface area contributed by atoms with Gasteiger partial charge in [-0.15, -0.1) is 0 Å². The molecule has 0 aliphatic heterocycles. The zero-order valence-electron chi connectivity index (χ0n) is 16.3. The number of benzene rings is 2. The number of hydrogen-bond donors (Lipinski definition) is 0. The molecule has 2 unspecified atom stereocenters. The molecule has 2 atom stereocenters. The molecule has 0 saturated carbocycles. The van der Waals surface area contributed by atoms with Gasteiger partial charge in [0.05, 0.1) is 0 Å². The number of rotatable bonds is 5. The van der Waals surface area contributed by atoms with Gasteiger partial charge in [-0.05, 0) is 0 Å². The third-order valence-electron chi connectivity index (χ3n) is 5.61. The fourth-order valence-corrected chi connectivity index (χ4v) is 9.78. The van der Waals surface area contributed by atoms with Crippen LogP contribution in [0.4, 0.5) is 0 Å². The molecule has 0 saturated heterocycles. The summed E-state index contributed by atoms with van der Waals surface area (Å²) < 4.78 is 0.293. The molecule has 3 heteroatoms. The van der Waals surface area contributed by atoms with Gasteiger partial charge in [-0.25, -0.2) is 0 Å². The van der Waals surface area contributed by atoms with Crippen molar-refractivity contribution in [1.82, 2.24) is 0 Å². The first-order chi connectivity index (χ1) is 12.4. The van der Waals surface area contributed by atoms with Crippen LogP contribution in [0.2, 0.25) is 0 Å². The van der Waals surface area contributed by atoms with E-state index in [-0.39, 0.29) is 0 Å². The summed E-state index contributed by atoms with van der Waals surface area (Å²) in [5.41, 5.74) is 10.9. The van der Waals surface area contributed by atoms with E-state index in [1.54, 1.807) is 0 Å². The fraction of sp³-hybridized carbons (Fsp3) is 0.391. The van der Waals surface area contributed by atoms with E-state index in [9.17, 15) is 0 Å². The summed E-state index contributed by atoms with van der Waals surface area (Å²) in [7, 11) is 13.3. The Morgan fingerprint density at radius 3 is 2.23 bits per heavy atom. The molecule has 2 aromatic rings. The van der Waals surface area contributed by atoms with Crippen LogP contribution in [0, 0.1) is 19.8 Å². The Bertz CT molecular complexity index is 831. The molecule has 0 N–H and O–H groups in total. The summed E-state index contributed by atoms with van der Waals surface area (Å²) in [5.74, 6) is 0.526. The van der Waals surface area contributed by atoms with Gasteiger partial charge >= 0.3 is 174 Å². The van der Waals surface area contributed by atoms with E-state index in [1.807, 2.05) is 0 Å². The Labute approximate surface area is 173 Å². The van der Waals surface area contributed by atoms with Gasteiger partial charge in [0.1, 0.15) is 0 Å². The van der Waals surface area contributed by atoms with Crippen LogP contribution in [0.3, 0.4) is 0 Å². The van der Waals surface area contributed by atoms with Gasteiger partial charge in [0.15, 0.2) is 0 Å². The molecule has 0 bridgehead atoms. The molecular weight excluding hydrogens is 438 g/mol. The Kier molecular flexibility index (Phi) is 6.54. The first-order valence-corrected chi connectivity index (χ1v) is 17.3. The summed E-state index contributed by atoms with van der Waals surface area (Å²) in [6, 6.07) is 11.5. The van der Waals surface area contributed by atoms with Crippen molar-refractivity contribution in [1.29, 1.82) is 0 Å². The van der Waals surface area contributed by atoms with Gasteiger partial charge < -0.3 is 0 Å². The maximum absolute atomic E-state index is 6.65. The molecule has 3 rings (SSSR count). The van der Waals surface area contributed by atoms with E-state index in [0.29, 0.717) is 9.54 Å². The first-order valence-electron chi connectivity index (χ1n) is 9.51. The molecule has 1 aliphatic rings. The van der Waals surface area contributed by atoms with Crippen molar-refractivity contribution in [2.45, 2.75) is 51.1 Å². The second-order valence-corrected chi connectivity index (χ2v) is 16.3. The monoisotopic (exact) mass is 463 g/mol. The van der Waals surface area contributed by atoms with E-state index in [0.717, 1.165) is 12.8 Å². The van der Waals surface area contributed by atoms with Gasteiger partial charge in [0.25, 0.3) is 0 Å². The van der Waals surface area contributed by atoms with Crippen LogP contribution in [0.15, 0.2) is 35.9 Å². The standard InChI is InChI=1S/C23H27.2ClH.Zr/c1-6-17(5)20-13-19-9-8-18(7-2)23(22(19)14-20)21-11-15(3)10-16(4)12-21;;;/h8-14,17H,6-7H2,1-5H3;2*1H;/q;;;+2/p-2. The third kappa shape index (κ3) is 3.78. The van der Waals surface area contributed by atoms with Gasteiger partial charge in [-0.2, -0.15) is 0 Å². The molecule has 2 aromatic carbocycles. The van der Waals surface area contributed by atoms with Crippen LogP contribution in [-0.4, -0.2) is 0 Å². The van der Waals surface area contributed by atoms with E-state index in [4.69, 9.17) is 17.0 Å². The molecular formula is C23H27Cl2Zr. The van der Waals surface area contributed by atoms with Crippen molar-refractivity contribution in [3.8, 4) is 11.1 Å². The minimum atomic E-state index is -2.47. The summed E-state index contributed by atoms with van der Waals surface area (Å²) in [4.78, 5) is 0. The van der Waals surface area contributed by atoms with Gasteiger partial charge in [-0.3, -0.25) is 0 Å². The average Bonchev–Trinajstić information content (AvgIpc) is 2.98. The van der Waals surface area contributed by atoms with E-state index < -0.39 is 19.4 Å².